The second-order valence-electron chi connectivity index (χ2n) is 4.17. The molecule has 0 aliphatic carbocycles. The number of rotatable bonds is 4. The fraction of sp³-hybridized carbons (Fsp3) is 0.333. The minimum atomic E-state index is -0.452. The highest BCUT2D eigenvalue weighted by molar-refractivity contribution is 6.08. The first-order valence-electron chi connectivity index (χ1n) is 6.15. The SMILES string of the molecule is CC/C=C(\C)C(=O)N(C)c1ccccc1C(=O)OC. The summed E-state index contributed by atoms with van der Waals surface area (Å²) in [6.45, 7) is 3.74. The van der Waals surface area contributed by atoms with E-state index in [1.165, 1.54) is 12.0 Å². The largest absolute Gasteiger partial charge is 0.465 e. The molecule has 0 aliphatic heterocycles. The predicted octanol–water partition coefficient (Wildman–Crippen LogP) is 2.79. The van der Waals surface area contributed by atoms with Crippen molar-refractivity contribution in [1.82, 2.24) is 0 Å². The van der Waals surface area contributed by atoms with E-state index in [2.05, 4.69) is 0 Å². The number of hydrogen-bond donors (Lipinski definition) is 0. The van der Waals surface area contributed by atoms with Gasteiger partial charge in [0.05, 0.1) is 18.4 Å². The van der Waals surface area contributed by atoms with Crippen molar-refractivity contribution < 1.29 is 14.3 Å². The Morgan fingerprint density at radius 3 is 2.53 bits per heavy atom. The molecule has 4 heteroatoms. The van der Waals surface area contributed by atoms with Crippen LogP contribution in [0.5, 0.6) is 0 Å². The van der Waals surface area contributed by atoms with Crippen molar-refractivity contribution in [3.05, 3.63) is 41.5 Å². The number of amides is 1. The highest BCUT2D eigenvalue weighted by atomic mass is 16.5. The molecule has 19 heavy (non-hydrogen) atoms. The van der Waals surface area contributed by atoms with Crippen LogP contribution in [0.3, 0.4) is 0 Å². The van der Waals surface area contributed by atoms with Gasteiger partial charge in [-0.1, -0.05) is 25.1 Å². The Balaban J connectivity index is 3.13. The van der Waals surface area contributed by atoms with E-state index in [4.69, 9.17) is 4.74 Å². The molecule has 0 saturated carbocycles. The number of benzene rings is 1. The summed E-state index contributed by atoms with van der Waals surface area (Å²) < 4.78 is 4.72. The van der Waals surface area contributed by atoms with Crippen LogP contribution in [0.25, 0.3) is 0 Å². The van der Waals surface area contributed by atoms with Crippen LogP contribution in [0, 0.1) is 0 Å². The molecule has 0 saturated heterocycles. The molecule has 1 amide bonds. The molecule has 0 heterocycles. The van der Waals surface area contributed by atoms with Crippen LogP contribution < -0.4 is 4.90 Å². The summed E-state index contributed by atoms with van der Waals surface area (Å²) in [7, 11) is 2.97. The maximum atomic E-state index is 12.2. The van der Waals surface area contributed by atoms with E-state index in [0.717, 1.165) is 6.42 Å². The second-order valence-corrected chi connectivity index (χ2v) is 4.17. The van der Waals surface area contributed by atoms with E-state index in [0.29, 0.717) is 16.8 Å². The van der Waals surface area contributed by atoms with Crippen molar-refractivity contribution in [1.29, 1.82) is 0 Å². The van der Waals surface area contributed by atoms with Crippen LogP contribution in [-0.4, -0.2) is 26.0 Å². The topological polar surface area (TPSA) is 46.6 Å². The molecule has 1 aromatic carbocycles. The lowest BCUT2D eigenvalue weighted by Crippen LogP contribution is -2.28. The van der Waals surface area contributed by atoms with Crippen LogP contribution in [0.1, 0.15) is 30.6 Å². The predicted molar refractivity (Wildman–Crippen MR) is 75.2 cm³/mol. The van der Waals surface area contributed by atoms with E-state index >= 15 is 0 Å². The summed E-state index contributed by atoms with van der Waals surface area (Å²) in [6, 6.07) is 6.89. The normalized spacial score (nSPS) is 11.1. The maximum Gasteiger partial charge on any atom is 0.339 e. The lowest BCUT2D eigenvalue weighted by Gasteiger charge is -2.20. The molecule has 0 fully saturated rings. The lowest BCUT2D eigenvalue weighted by atomic mass is 10.1. The zero-order valence-electron chi connectivity index (χ0n) is 11.8. The lowest BCUT2D eigenvalue weighted by molar-refractivity contribution is -0.114. The van der Waals surface area contributed by atoms with Crippen LogP contribution in [-0.2, 0) is 9.53 Å². The molecule has 0 aromatic heterocycles. The summed E-state index contributed by atoms with van der Waals surface area (Å²) in [4.78, 5) is 25.4. The van der Waals surface area contributed by atoms with Gasteiger partial charge < -0.3 is 9.64 Å². The Morgan fingerprint density at radius 2 is 1.95 bits per heavy atom. The van der Waals surface area contributed by atoms with Crippen molar-refractivity contribution >= 4 is 17.6 Å². The van der Waals surface area contributed by atoms with Crippen LogP contribution in [0.15, 0.2) is 35.9 Å². The summed E-state index contributed by atoms with van der Waals surface area (Å²) >= 11 is 0. The summed E-state index contributed by atoms with van der Waals surface area (Å²) in [6.07, 6.45) is 2.66. The van der Waals surface area contributed by atoms with E-state index < -0.39 is 5.97 Å². The molecule has 0 N–H and O–H groups in total. The number of esters is 1. The van der Waals surface area contributed by atoms with E-state index in [9.17, 15) is 9.59 Å². The van der Waals surface area contributed by atoms with Gasteiger partial charge in [0.25, 0.3) is 5.91 Å². The van der Waals surface area contributed by atoms with Gasteiger partial charge in [-0.15, -0.1) is 0 Å². The first kappa shape index (κ1) is 15.0. The van der Waals surface area contributed by atoms with Gasteiger partial charge in [-0.2, -0.15) is 0 Å². The van der Waals surface area contributed by atoms with E-state index in [-0.39, 0.29) is 5.91 Å². The fourth-order valence-corrected chi connectivity index (χ4v) is 1.82. The molecule has 1 rings (SSSR count). The molecule has 4 nitrogen and oxygen atoms in total. The molecule has 1 aromatic rings. The Labute approximate surface area is 113 Å². The van der Waals surface area contributed by atoms with Gasteiger partial charge in [0, 0.05) is 12.6 Å². The molecule has 0 atom stereocenters. The monoisotopic (exact) mass is 261 g/mol. The quantitative estimate of drug-likeness (QED) is 0.618. The third-order valence-electron chi connectivity index (χ3n) is 2.82. The van der Waals surface area contributed by atoms with Gasteiger partial charge in [-0.05, 0) is 25.5 Å². The number of nitrogens with zero attached hydrogens (tertiary/aromatic N) is 1. The third-order valence-corrected chi connectivity index (χ3v) is 2.82. The average molecular weight is 261 g/mol. The van der Waals surface area contributed by atoms with Crippen molar-refractivity contribution in [2.45, 2.75) is 20.3 Å². The van der Waals surface area contributed by atoms with Crippen molar-refractivity contribution in [2.24, 2.45) is 0 Å². The number of ether oxygens (including phenoxy) is 1. The first-order valence-corrected chi connectivity index (χ1v) is 6.15. The van der Waals surface area contributed by atoms with Crippen LogP contribution in [0.2, 0.25) is 0 Å². The molecule has 102 valence electrons. The smallest absolute Gasteiger partial charge is 0.339 e. The zero-order valence-corrected chi connectivity index (χ0v) is 11.8. The van der Waals surface area contributed by atoms with E-state index in [1.54, 1.807) is 38.2 Å². The number of anilines is 1. The van der Waals surface area contributed by atoms with Gasteiger partial charge >= 0.3 is 5.97 Å². The highest BCUT2D eigenvalue weighted by Crippen LogP contribution is 2.21. The summed E-state index contributed by atoms with van der Waals surface area (Å²) in [5.74, 6) is -0.578. The number of para-hydroxylation sites is 1. The standard InChI is InChI=1S/C15H19NO3/c1-5-8-11(2)14(17)16(3)13-10-7-6-9-12(13)15(18)19-4/h6-10H,5H2,1-4H3/b11-8+. The van der Waals surface area contributed by atoms with E-state index in [1.807, 2.05) is 13.0 Å². The van der Waals surface area contributed by atoms with Gasteiger partial charge in [0.15, 0.2) is 0 Å². The van der Waals surface area contributed by atoms with Crippen molar-refractivity contribution in [3.63, 3.8) is 0 Å². The second kappa shape index (κ2) is 6.73. The third kappa shape index (κ3) is 3.44. The van der Waals surface area contributed by atoms with Crippen molar-refractivity contribution in [2.75, 3.05) is 19.1 Å². The Kier molecular flexibility index (Phi) is 5.30. The highest BCUT2D eigenvalue weighted by Gasteiger charge is 2.19. The average Bonchev–Trinajstić information content (AvgIpc) is 2.45. The fourth-order valence-electron chi connectivity index (χ4n) is 1.82. The maximum absolute atomic E-state index is 12.2. The number of allylic oxidation sites excluding steroid dienone is 1. The molecule has 0 unspecified atom stereocenters. The number of likely N-dealkylation sites (N-methyl/N-ethyl adjacent to an activating group) is 1. The molecule has 0 spiro atoms. The molecule has 0 bridgehead atoms. The van der Waals surface area contributed by atoms with Gasteiger partial charge in [-0.3, -0.25) is 4.79 Å². The van der Waals surface area contributed by atoms with Crippen molar-refractivity contribution in [3.8, 4) is 0 Å². The molecular formula is C15H19NO3. The molecule has 0 radical (unpaired) electrons. The van der Waals surface area contributed by atoms with Crippen LogP contribution in [0.4, 0.5) is 5.69 Å². The number of carbonyl (C=O) groups is 2. The number of hydrogen-bond acceptors (Lipinski definition) is 3. The van der Waals surface area contributed by atoms with Crippen LogP contribution >= 0.6 is 0 Å². The molecule has 0 aliphatic rings. The summed E-state index contributed by atoms with van der Waals surface area (Å²) in [5.41, 5.74) is 1.58. The Morgan fingerprint density at radius 1 is 1.32 bits per heavy atom. The van der Waals surface area contributed by atoms with Gasteiger partial charge in [0.1, 0.15) is 0 Å². The first-order chi connectivity index (χ1) is 9.02. The number of carbonyl (C=O) groups excluding carboxylic acids is 2. The molecular weight excluding hydrogens is 242 g/mol. The Bertz CT molecular complexity index is 506. The van der Waals surface area contributed by atoms with Gasteiger partial charge in [-0.25, -0.2) is 4.79 Å². The Hall–Kier alpha value is -2.10. The minimum absolute atomic E-state index is 0.127. The number of methoxy groups -OCH3 is 1. The zero-order chi connectivity index (χ0) is 14.4. The van der Waals surface area contributed by atoms with Gasteiger partial charge in [0.2, 0.25) is 0 Å². The summed E-state index contributed by atoms with van der Waals surface area (Å²) in [5, 5.41) is 0. The minimum Gasteiger partial charge on any atom is -0.465 e.